The van der Waals surface area contributed by atoms with Crippen LogP contribution in [0.1, 0.15) is 11.1 Å². The number of carbonyl (C=O) groups excluding carboxylic acids is 1. The number of amidine groups is 1. The van der Waals surface area contributed by atoms with Crippen molar-refractivity contribution in [1.29, 1.82) is 0 Å². The molecule has 0 aromatic heterocycles. The maximum absolute atomic E-state index is 12.1. The van der Waals surface area contributed by atoms with E-state index in [0.29, 0.717) is 20.7 Å². The van der Waals surface area contributed by atoms with E-state index in [1.54, 1.807) is 0 Å². The molecule has 0 unspecified atom stereocenters. The van der Waals surface area contributed by atoms with E-state index in [2.05, 4.69) is 10.3 Å². The fraction of sp³-hybridized carbons (Fsp3) is 0.0588. The lowest BCUT2D eigenvalue weighted by Crippen LogP contribution is -2.19. The van der Waals surface area contributed by atoms with E-state index >= 15 is 0 Å². The molecular weight excluding hydrogens is 362 g/mol. The van der Waals surface area contributed by atoms with Crippen molar-refractivity contribution in [2.45, 2.75) is 6.92 Å². The van der Waals surface area contributed by atoms with Crippen molar-refractivity contribution < 1.29 is 9.72 Å². The molecule has 1 aliphatic heterocycles. The summed E-state index contributed by atoms with van der Waals surface area (Å²) in [6.07, 6.45) is 1.52. The summed E-state index contributed by atoms with van der Waals surface area (Å²) >= 11 is 7.23. The number of rotatable bonds is 3. The van der Waals surface area contributed by atoms with Crippen molar-refractivity contribution in [3.8, 4) is 0 Å². The first kappa shape index (κ1) is 17.2. The van der Waals surface area contributed by atoms with Crippen LogP contribution in [0.4, 0.5) is 11.4 Å². The molecule has 0 aliphatic carbocycles. The molecular formula is C17H12ClN3O3S. The molecule has 0 atom stereocenters. The Morgan fingerprint density at radius 1 is 1.24 bits per heavy atom. The van der Waals surface area contributed by atoms with Gasteiger partial charge in [-0.1, -0.05) is 29.3 Å². The van der Waals surface area contributed by atoms with Crippen molar-refractivity contribution in [2.24, 2.45) is 4.99 Å². The highest BCUT2D eigenvalue weighted by atomic mass is 35.5. The second kappa shape index (κ2) is 7.08. The van der Waals surface area contributed by atoms with Gasteiger partial charge in [-0.3, -0.25) is 14.9 Å². The topological polar surface area (TPSA) is 84.6 Å². The van der Waals surface area contributed by atoms with Gasteiger partial charge in [0.1, 0.15) is 0 Å². The first-order valence-electron chi connectivity index (χ1n) is 7.22. The minimum absolute atomic E-state index is 0.0896. The van der Waals surface area contributed by atoms with E-state index < -0.39 is 4.92 Å². The third kappa shape index (κ3) is 4.07. The van der Waals surface area contributed by atoms with Crippen molar-refractivity contribution >= 4 is 51.9 Å². The third-order valence-electron chi connectivity index (χ3n) is 3.39. The van der Waals surface area contributed by atoms with Crippen molar-refractivity contribution in [3.05, 3.63) is 73.6 Å². The average Bonchev–Trinajstić information content (AvgIpc) is 2.91. The minimum atomic E-state index is -0.509. The average molecular weight is 374 g/mol. The van der Waals surface area contributed by atoms with Crippen LogP contribution in [0.15, 0.2) is 52.4 Å². The fourth-order valence-corrected chi connectivity index (χ4v) is 3.12. The van der Waals surface area contributed by atoms with Crippen LogP contribution in [0.3, 0.4) is 0 Å². The number of nitro benzene ring substituents is 1. The second-order valence-electron chi connectivity index (χ2n) is 5.28. The summed E-state index contributed by atoms with van der Waals surface area (Å²) in [7, 11) is 0. The highest BCUT2D eigenvalue weighted by molar-refractivity contribution is 8.18. The Morgan fingerprint density at radius 3 is 2.64 bits per heavy atom. The van der Waals surface area contributed by atoms with Crippen molar-refractivity contribution in [3.63, 3.8) is 0 Å². The van der Waals surface area contributed by atoms with Gasteiger partial charge in [-0.2, -0.15) is 0 Å². The van der Waals surface area contributed by atoms with Gasteiger partial charge in [-0.05, 0) is 43.0 Å². The maximum Gasteiger partial charge on any atom is 0.270 e. The number of aryl methyl sites for hydroxylation is 1. The second-order valence-corrected chi connectivity index (χ2v) is 6.72. The number of halogens is 1. The number of aliphatic imine (C=N–C) groups is 1. The van der Waals surface area contributed by atoms with Crippen LogP contribution in [0.5, 0.6) is 0 Å². The first-order chi connectivity index (χ1) is 11.9. The Labute approximate surface area is 152 Å². The number of benzene rings is 2. The van der Waals surface area contributed by atoms with Gasteiger partial charge in [-0.25, -0.2) is 4.99 Å². The minimum Gasteiger partial charge on any atom is -0.300 e. The van der Waals surface area contributed by atoms with Crippen molar-refractivity contribution in [1.82, 2.24) is 5.32 Å². The van der Waals surface area contributed by atoms with Crippen LogP contribution < -0.4 is 5.32 Å². The van der Waals surface area contributed by atoms with Gasteiger partial charge < -0.3 is 5.32 Å². The summed E-state index contributed by atoms with van der Waals surface area (Å²) in [6.45, 7) is 1.98. The number of nitro groups is 1. The molecule has 1 fully saturated rings. The van der Waals surface area contributed by atoms with E-state index in [1.807, 2.05) is 31.2 Å². The van der Waals surface area contributed by atoms with Crippen LogP contribution in [0.2, 0.25) is 5.02 Å². The lowest BCUT2D eigenvalue weighted by atomic mass is 10.2. The highest BCUT2D eigenvalue weighted by Gasteiger charge is 2.24. The largest absolute Gasteiger partial charge is 0.300 e. The Morgan fingerprint density at radius 2 is 1.96 bits per heavy atom. The molecule has 1 saturated heterocycles. The summed E-state index contributed by atoms with van der Waals surface area (Å²) in [5.74, 6) is -0.321. The van der Waals surface area contributed by atoms with Gasteiger partial charge in [0, 0.05) is 22.7 Å². The van der Waals surface area contributed by atoms with Crippen LogP contribution in [-0.4, -0.2) is 16.0 Å². The zero-order chi connectivity index (χ0) is 18.0. The molecule has 0 bridgehead atoms. The molecule has 8 heteroatoms. The Hall–Kier alpha value is -2.64. The summed E-state index contributed by atoms with van der Waals surface area (Å²) in [6, 6.07) is 11.7. The molecule has 2 aromatic rings. The lowest BCUT2D eigenvalue weighted by molar-refractivity contribution is -0.384. The molecule has 25 heavy (non-hydrogen) atoms. The quantitative estimate of drug-likeness (QED) is 0.489. The monoisotopic (exact) mass is 373 g/mol. The van der Waals surface area contributed by atoms with E-state index in [9.17, 15) is 14.9 Å². The predicted molar refractivity (Wildman–Crippen MR) is 100 cm³/mol. The Balaban J connectivity index is 1.88. The summed E-state index contributed by atoms with van der Waals surface area (Å²) in [5.41, 5.74) is 2.16. The van der Waals surface area contributed by atoms with Crippen molar-refractivity contribution in [2.75, 3.05) is 0 Å². The highest BCUT2D eigenvalue weighted by Crippen LogP contribution is 2.31. The number of nitrogens with zero attached hydrogens (tertiary/aromatic N) is 2. The molecule has 2 aromatic carbocycles. The molecule has 126 valence electrons. The number of nitrogens with one attached hydrogen (secondary N) is 1. The zero-order valence-electron chi connectivity index (χ0n) is 13.0. The Bertz CT molecular complexity index is 923. The smallest absolute Gasteiger partial charge is 0.270 e. The van der Waals surface area contributed by atoms with E-state index in [4.69, 9.17) is 11.6 Å². The fourth-order valence-electron chi connectivity index (χ4n) is 2.11. The molecule has 1 heterocycles. The number of hydrogen-bond acceptors (Lipinski definition) is 5. The van der Waals surface area contributed by atoms with Gasteiger partial charge in [-0.15, -0.1) is 0 Å². The lowest BCUT2D eigenvalue weighted by Gasteiger charge is -1.99. The van der Waals surface area contributed by atoms with Crippen LogP contribution in [0.25, 0.3) is 6.08 Å². The first-order valence-corrected chi connectivity index (χ1v) is 8.42. The van der Waals surface area contributed by atoms with Gasteiger partial charge in [0.2, 0.25) is 0 Å². The summed E-state index contributed by atoms with van der Waals surface area (Å²) in [4.78, 5) is 27.2. The van der Waals surface area contributed by atoms with Crippen LogP contribution in [-0.2, 0) is 4.79 Å². The molecule has 1 amide bonds. The molecule has 0 spiro atoms. The molecule has 1 N–H and O–H groups in total. The number of amides is 1. The van der Waals surface area contributed by atoms with Crippen LogP contribution in [0, 0.1) is 17.0 Å². The van der Waals surface area contributed by atoms with E-state index in [0.717, 1.165) is 23.0 Å². The molecule has 0 radical (unpaired) electrons. The van der Waals surface area contributed by atoms with Gasteiger partial charge in [0.25, 0.3) is 11.6 Å². The van der Waals surface area contributed by atoms with Gasteiger partial charge in [0.15, 0.2) is 5.17 Å². The van der Waals surface area contributed by atoms with Gasteiger partial charge in [0.05, 0.1) is 15.5 Å². The predicted octanol–water partition coefficient (Wildman–Crippen LogP) is 4.45. The Kier molecular flexibility index (Phi) is 4.87. The molecule has 1 aliphatic rings. The number of thioether (sulfide) groups is 1. The van der Waals surface area contributed by atoms with Gasteiger partial charge >= 0.3 is 0 Å². The normalized spacial score (nSPS) is 17.1. The molecule has 6 nitrogen and oxygen atoms in total. The number of hydrogen-bond donors (Lipinski definition) is 1. The maximum atomic E-state index is 12.1. The van der Waals surface area contributed by atoms with E-state index in [1.165, 1.54) is 24.3 Å². The zero-order valence-corrected chi connectivity index (χ0v) is 14.6. The number of carbonyl (C=O) groups is 1. The van der Waals surface area contributed by atoms with E-state index in [-0.39, 0.29) is 11.6 Å². The summed E-state index contributed by atoms with van der Waals surface area (Å²) in [5, 5.41) is 14.3. The molecule has 0 saturated carbocycles. The number of non-ortho nitro benzene ring substituents is 1. The SMILES string of the molecule is Cc1ccc(N=C2NC(=O)/C(=C\c3cc([N+](=O)[O-])ccc3Cl)S2)cc1. The van der Waals surface area contributed by atoms with Crippen LogP contribution >= 0.6 is 23.4 Å². The summed E-state index contributed by atoms with van der Waals surface area (Å²) < 4.78 is 0. The molecule has 3 rings (SSSR count). The third-order valence-corrected chi connectivity index (χ3v) is 4.65. The standard InChI is InChI=1S/C17H12ClN3O3S/c1-10-2-4-12(5-3-10)19-17-20-16(22)15(25-17)9-11-8-13(21(23)24)6-7-14(11)18/h2-9H,1H3,(H,19,20,22)/b15-9+.